The molecule has 3 nitrogen and oxygen atoms in total. The number of alkyl halides is 3. The van der Waals surface area contributed by atoms with E-state index in [0.29, 0.717) is 29.2 Å². The summed E-state index contributed by atoms with van der Waals surface area (Å²) in [5.41, 5.74) is 0.898. The van der Waals surface area contributed by atoms with Crippen LogP contribution < -0.4 is 5.32 Å². The molecule has 1 N–H and O–H groups in total. The molecule has 1 atom stereocenters. The number of amides is 1. The molecule has 0 aliphatic heterocycles. The molecule has 1 amide bonds. The lowest BCUT2D eigenvalue weighted by Crippen LogP contribution is -2.39. The van der Waals surface area contributed by atoms with Crippen LogP contribution >= 0.6 is 0 Å². The molecule has 1 aliphatic carbocycles. The highest BCUT2D eigenvalue weighted by Gasteiger charge is 2.33. The zero-order valence-corrected chi connectivity index (χ0v) is 14.3. The van der Waals surface area contributed by atoms with Crippen LogP contribution in [0.1, 0.15) is 28.8 Å². The number of halogens is 3. The molecule has 0 radical (unpaired) electrons. The lowest BCUT2D eigenvalue weighted by atomic mass is 9.97. The molecule has 1 saturated carbocycles. The second-order valence-electron chi connectivity index (χ2n) is 6.49. The third kappa shape index (κ3) is 4.25. The van der Waals surface area contributed by atoms with Crippen LogP contribution in [0.4, 0.5) is 13.2 Å². The molecule has 6 heteroatoms. The van der Waals surface area contributed by atoms with E-state index in [1.165, 1.54) is 12.1 Å². The van der Waals surface area contributed by atoms with Gasteiger partial charge in [0.05, 0.1) is 18.2 Å². The number of methoxy groups -OCH3 is 1. The second kappa shape index (κ2) is 7.50. The third-order valence-electron chi connectivity index (χ3n) is 4.55. The zero-order chi connectivity index (χ0) is 18.7. The van der Waals surface area contributed by atoms with Crippen molar-refractivity contribution in [3.63, 3.8) is 0 Å². The lowest BCUT2D eigenvalue weighted by Gasteiger charge is -2.18. The summed E-state index contributed by atoms with van der Waals surface area (Å²) in [6.45, 7) is 0.443. The van der Waals surface area contributed by atoms with E-state index in [0.717, 1.165) is 25.0 Å². The molecule has 0 heterocycles. The number of hydrogen-bond donors (Lipinski definition) is 1. The van der Waals surface area contributed by atoms with E-state index in [9.17, 15) is 18.0 Å². The first kappa shape index (κ1) is 18.5. The topological polar surface area (TPSA) is 38.3 Å². The van der Waals surface area contributed by atoms with E-state index in [2.05, 4.69) is 5.32 Å². The smallest absolute Gasteiger partial charge is 0.383 e. The summed E-state index contributed by atoms with van der Waals surface area (Å²) < 4.78 is 43.4. The van der Waals surface area contributed by atoms with Crippen molar-refractivity contribution in [3.05, 3.63) is 59.7 Å². The molecule has 1 aliphatic rings. The van der Waals surface area contributed by atoms with Gasteiger partial charge in [-0.25, -0.2) is 0 Å². The predicted molar refractivity (Wildman–Crippen MR) is 92.7 cm³/mol. The van der Waals surface area contributed by atoms with E-state index in [1.54, 1.807) is 31.4 Å². The third-order valence-corrected chi connectivity index (χ3v) is 4.55. The second-order valence-corrected chi connectivity index (χ2v) is 6.49. The van der Waals surface area contributed by atoms with Gasteiger partial charge in [-0.1, -0.05) is 30.3 Å². The van der Waals surface area contributed by atoms with Crippen LogP contribution in [0.15, 0.2) is 48.5 Å². The van der Waals surface area contributed by atoms with Crippen molar-refractivity contribution in [2.75, 3.05) is 13.7 Å². The Bertz CT molecular complexity index is 767. The minimum absolute atomic E-state index is 0.0480. The summed E-state index contributed by atoms with van der Waals surface area (Å²) in [6.07, 6.45) is -2.25. The van der Waals surface area contributed by atoms with Gasteiger partial charge in [0, 0.05) is 12.7 Å². The molecule has 0 aromatic heterocycles. The van der Waals surface area contributed by atoms with Gasteiger partial charge in [-0.05, 0) is 48.1 Å². The van der Waals surface area contributed by atoms with Crippen LogP contribution in [0.25, 0.3) is 11.1 Å². The molecule has 2 aromatic carbocycles. The van der Waals surface area contributed by atoms with E-state index in [-0.39, 0.29) is 11.9 Å². The lowest BCUT2D eigenvalue weighted by molar-refractivity contribution is -0.137. The van der Waals surface area contributed by atoms with Gasteiger partial charge in [-0.15, -0.1) is 0 Å². The first-order valence-electron chi connectivity index (χ1n) is 8.46. The van der Waals surface area contributed by atoms with Crippen LogP contribution in [0.5, 0.6) is 0 Å². The highest BCUT2D eigenvalue weighted by Crippen LogP contribution is 2.34. The molecule has 2 aromatic rings. The number of nitrogens with one attached hydrogen (secondary N) is 1. The van der Waals surface area contributed by atoms with Gasteiger partial charge in [0.2, 0.25) is 0 Å². The minimum Gasteiger partial charge on any atom is -0.383 e. The van der Waals surface area contributed by atoms with E-state index >= 15 is 0 Å². The molecular weight excluding hydrogens is 343 g/mol. The molecular formula is C20H20F3NO2. The monoisotopic (exact) mass is 363 g/mol. The Morgan fingerprint density at radius 2 is 1.81 bits per heavy atom. The maximum atomic E-state index is 12.8. The van der Waals surface area contributed by atoms with Crippen LogP contribution in [-0.2, 0) is 10.9 Å². The Morgan fingerprint density at radius 1 is 1.15 bits per heavy atom. The Balaban J connectivity index is 1.84. The molecule has 0 bridgehead atoms. The number of benzene rings is 2. The van der Waals surface area contributed by atoms with E-state index in [4.69, 9.17) is 4.74 Å². The number of carbonyl (C=O) groups excluding carboxylic acids is 1. The van der Waals surface area contributed by atoms with Gasteiger partial charge in [0.25, 0.3) is 5.91 Å². The Morgan fingerprint density at radius 3 is 2.38 bits per heavy atom. The predicted octanol–water partition coefficient (Wildman–Crippen LogP) is 4.53. The number of carbonyl (C=O) groups is 1. The van der Waals surface area contributed by atoms with Crippen molar-refractivity contribution < 1.29 is 22.7 Å². The summed E-state index contributed by atoms with van der Waals surface area (Å²) in [5.74, 6) is 0.187. The van der Waals surface area contributed by atoms with Gasteiger partial charge in [0.1, 0.15) is 0 Å². The van der Waals surface area contributed by atoms with Gasteiger partial charge < -0.3 is 10.1 Å². The van der Waals surface area contributed by atoms with Crippen LogP contribution in [-0.4, -0.2) is 25.7 Å². The zero-order valence-electron chi connectivity index (χ0n) is 14.3. The molecule has 0 spiro atoms. The van der Waals surface area contributed by atoms with Gasteiger partial charge in [-0.3, -0.25) is 4.79 Å². The van der Waals surface area contributed by atoms with Crippen LogP contribution in [0, 0.1) is 5.92 Å². The average Bonchev–Trinajstić information content (AvgIpc) is 3.46. The summed E-state index contributed by atoms with van der Waals surface area (Å²) in [7, 11) is 1.59. The number of ether oxygens (including phenoxy) is 1. The fraction of sp³-hybridized carbons (Fsp3) is 0.350. The van der Waals surface area contributed by atoms with Crippen molar-refractivity contribution in [2.24, 2.45) is 5.92 Å². The molecule has 1 unspecified atom stereocenters. The molecule has 1 fully saturated rings. The minimum atomic E-state index is -4.38. The maximum absolute atomic E-state index is 12.8. The molecule has 26 heavy (non-hydrogen) atoms. The fourth-order valence-electron chi connectivity index (χ4n) is 2.99. The Hall–Kier alpha value is -2.34. The van der Waals surface area contributed by atoms with Crippen LogP contribution in [0.3, 0.4) is 0 Å². The summed E-state index contributed by atoms with van der Waals surface area (Å²) in [4.78, 5) is 12.7. The summed E-state index contributed by atoms with van der Waals surface area (Å²) >= 11 is 0. The summed E-state index contributed by atoms with van der Waals surface area (Å²) in [6, 6.07) is 11.7. The van der Waals surface area contributed by atoms with Crippen molar-refractivity contribution in [1.82, 2.24) is 5.32 Å². The molecule has 0 saturated heterocycles. The number of hydrogen-bond acceptors (Lipinski definition) is 2. The van der Waals surface area contributed by atoms with Crippen molar-refractivity contribution in [1.29, 1.82) is 0 Å². The largest absolute Gasteiger partial charge is 0.416 e. The molecule has 138 valence electrons. The molecule has 3 rings (SSSR count). The van der Waals surface area contributed by atoms with Gasteiger partial charge in [-0.2, -0.15) is 13.2 Å². The van der Waals surface area contributed by atoms with Gasteiger partial charge in [0.15, 0.2) is 0 Å². The van der Waals surface area contributed by atoms with E-state index < -0.39 is 11.7 Å². The van der Waals surface area contributed by atoms with Crippen LogP contribution in [0.2, 0.25) is 0 Å². The SMILES string of the molecule is COCC(NC(=O)c1ccccc1-c1ccc(C(F)(F)F)cc1)C1CC1. The summed E-state index contributed by atoms with van der Waals surface area (Å²) in [5, 5.41) is 3.00. The first-order chi connectivity index (χ1) is 12.4. The average molecular weight is 363 g/mol. The fourth-order valence-corrected chi connectivity index (χ4v) is 2.99. The van der Waals surface area contributed by atoms with E-state index in [1.807, 2.05) is 0 Å². The van der Waals surface area contributed by atoms with Gasteiger partial charge >= 0.3 is 6.18 Å². The van der Waals surface area contributed by atoms with Crippen molar-refractivity contribution in [2.45, 2.75) is 25.1 Å². The maximum Gasteiger partial charge on any atom is 0.416 e. The number of rotatable bonds is 6. The highest BCUT2D eigenvalue weighted by molar-refractivity contribution is 6.01. The first-order valence-corrected chi connectivity index (χ1v) is 8.46. The highest BCUT2D eigenvalue weighted by atomic mass is 19.4. The van der Waals surface area contributed by atoms with Crippen molar-refractivity contribution in [3.8, 4) is 11.1 Å². The quantitative estimate of drug-likeness (QED) is 0.819. The van der Waals surface area contributed by atoms with Crippen molar-refractivity contribution >= 4 is 5.91 Å². The Kier molecular flexibility index (Phi) is 5.32. The standard InChI is InChI=1S/C20H20F3NO2/c1-26-12-18(14-6-7-14)24-19(25)17-5-3-2-4-16(17)13-8-10-15(11-9-13)20(21,22)23/h2-5,8-11,14,18H,6-7,12H2,1H3,(H,24,25). The normalized spacial score (nSPS) is 15.5. The Labute approximate surface area is 150 Å².